The first-order valence-electron chi connectivity index (χ1n) is 8.32. The van der Waals surface area contributed by atoms with E-state index in [1.54, 1.807) is 0 Å². The summed E-state index contributed by atoms with van der Waals surface area (Å²) in [6.45, 7) is 6.83. The lowest BCUT2D eigenvalue weighted by atomic mass is 9.98. The van der Waals surface area contributed by atoms with Crippen LogP contribution < -0.4 is 5.32 Å². The van der Waals surface area contributed by atoms with E-state index in [0.717, 1.165) is 24.2 Å². The third kappa shape index (κ3) is 4.55. The second-order valence-corrected chi connectivity index (χ2v) is 6.48. The highest BCUT2D eigenvalue weighted by Gasteiger charge is 2.29. The molecular weight excluding hydrogens is 276 g/mol. The highest BCUT2D eigenvalue weighted by Crippen LogP contribution is 2.18. The van der Waals surface area contributed by atoms with E-state index in [-0.39, 0.29) is 18.6 Å². The van der Waals surface area contributed by atoms with Crippen LogP contribution in [0.1, 0.15) is 44.2 Å². The molecule has 2 N–H and O–H groups in total. The van der Waals surface area contributed by atoms with E-state index in [0.29, 0.717) is 12.5 Å². The van der Waals surface area contributed by atoms with Gasteiger partial charge in [-0.15, -0.1) is 0 Å². The monoisotopic (exact) mass is 304 g/mol. The minimum absolute atomic E-state index is 0.0319. The van der Waals surface area contributed by atoms with Crippen LogP contribution in [0.25, 0.3) is 0 Å². The fraction of sp³-hybridized carbons (Fsp3) is 0.611. The molecule has 0 bridgehead atoms. The van der Waals surface area contributed by atoms with E-state index in [1.807, 2.05) is 24.3 Å². The molecule has 4 heteroatoms. The molecule has 1 heterocycles. The molecule has 122 valence electrons. The van der Waals surface area contributed by atoms with Crippen molar-refractivity contribution in [1.29, 1.82) is 0 Å². The number of amides is 1. The summed E-state index contributed by atoms with van der Waals surface area (Å²) < 4.78 is 0. The number of carbonyl (C=O) groups is 1. The topological polar surface area (TPSA) is 52.6 Å². The van der Waals surface area contributed by atoms with Crippen LogP contribution in [0.3, 0.4) is 0 Å². The molecule has 4 nitrogen and oxygen atoms in total. The van der Waals surface area contributed by atoms with Crippen molar-refractivity contribution in [3.05, 3.63) is 35.4 Å². The lowest BCUT2D eigenvalue weighted by Gasteiger charge is -2.35. The summed E-state index contributed by atoms with van der Waals surface area (Å²) >= 11 is 0. The Hall–Kier alpha value is -1.39. The second-order valence-electron chi connectivity index (χ2n) is 6.48. The van der Waals surface area contributed by atoms with Crippen molar-refractivity contribution < 1.29 is 9.90 Å². The Kier molecular flexibility index (Phi) is 6.40. The van der Waals surface area contributed by atoms with E-state index in [9.17, 15) is 9.90 Å². The van der Waals surface area contributed by atoms with Gasteiger partial charge in [0, 0.05) is 6.54 Å². The normalized spacial score (nSPS) is 17.5. The van der Waals surface area contributed by atoms with Crippen molar-refractivity contribution in [1.82, 2.24) is 10.2 Å². The molecule has 22 heavy (non-hydrogen) atoms. The minimum atomic E-state index is -0.0404. The number of likely N-dealkylation sites (tertiary alicyclic amines) is 1. The van der Waals surface area contributed by atoms with E-state index < -0.39 is 0 Å². The third-order valence-electron chi connectivity index (χ3n) is 4.32. The zero-order valence-electron chi connectivity index (χ0n) is 13.7. The SMILES string of the molecule is CC(C)[C@@H](C(=O)NCc1cccc(CO)c1)N1CCCCC1. The van der Waals surface area contributed by atoms with Gasteiger partial charge in [-0.25, -0.2) is 0 Å². The molecule has 0 saturated carbocycles. The number of carbonyl (C=O) groups excluding carboxylic acids is 1. The summed E-state index contributed by atoms with van der Waals surface area (Å²) in [6.07, 6.45) is 3.65. The Morgan fingerprint density at radius 1 is 1.23 bits per heavy atom. The average Bonchev–Trinajstić information content (AvgIpc) is 2.54. The number of aliphatic hydroxyl groups is 1. The predicted octanol–water partition coefficient (Wildman–Crippen LogP) is 2.31. The molecule has 1 atom stereocenters. The van der Waals surface area contributed by atoms with Crippen LogP contribution in [0.4, 0.5) is 0 Å². The minimum Gasteiger partial charge on any atom is -0.392 e. The molecule has 1 aliphatic heterocycles. The number of nitrogens with one attached hydrogen (secondary N) is 1. The summed E-state index contributed by atoms with van der Waals surface area (Å²) in [6, 6.07) is 7.67. The van der Waals surface area contributed by atoms with Crippen molar-refractivity contribution in [2.24, 2.45) is 5.92 Å². The smallest absolute Gasteiger partial charge is 0.237 e. The van der Waals surface area contributed by atoms with Gasteiger partial charge in [0.2, 0.25) is 5.91 Å². The van der Waals surface area contributed by atoms with Gasteiger partial charge in [-0.2, -0.15) is 0 Å². The number of piperidine rings is 1. The number of rotatable bonds is 6. The second kappa shape index (κ2) is 8.30. The molecule has 1 aromatic rings. The first-order valence-corrected chi connectivity index (χ1v) is 8.32. The first kappa shape index (κ1) is 17.0. The Morgan fingerprint density at radius 2 is 1.91 bits per heavy atom. The van der Waals surface area contributed by atoms with Crippen LogP contribution in [-0.4, -0.2) is 35.0 Å². The lowest BCUT2D eigenvalue weighted by Crippen LogP contribution is -2.51. The number of aliphatic hydroxyl groups excluding tert-OH is 1. The van der Waals surface area contributed by atoms with Crippen molar-refractivity contribution in [3.8, 4) is 0 Å². The number of hydrogen-bond acceptors (Lipinski definition) is 3. The van der Waals surface area contributed by atoms with Crippen LogP contribution in [0, 0.1) is 5.92 Å². The fourth-order valence-electron chi connectivity index (χ4n) is 3.22. The number of benzene rings is 1. The molecule has 2 rings (SSSR count). The maximum Gasteiger partial charge on any atom is 0.237 e. The summed E-state index contributed by atoms with van der Waals surface area (Å²) in [4.78, 5) is 14.9. The van der Waals surface area contributed by atoms with Crippen molar-refractivity contribution in [2.45, 2.75) is 52.3 Å². The number of hydrogen-bond donors (Lipinski definition) is 2. The summed E-state index contributed by atoms with van der Waals surface area (Å²) in [5, 5.41) is 12.2. The van der Waals surface area contributed by atoms with Crippen LogP contribution in [0.2, 0.25) is 0 Å². The van der Waals surface area contributed by atoms with Crippen LogP contribution >= 0.6 is 0 Å². The molecule has 1 fully saturated rings. The molecule has 0 unspecified atom stereocenters. The molecule has 0 spiro atoms. The fourth-order valence-corrected chi connectivity index (χ4v) is 3.22. The first-order chi connectivity index (χ1) is 10.6. The maximum absolute atomic E-state index is 12.6. The third-order valence-corrected chi connectivity index (χ3v) is 4.32. The highest BCUT2D eigenvalue weighted by molar-refractivity contribution is 5.82. The Morgan fingerprint density at radius 3 is 2.55 bits per heavy atom. The van der Waals surface area contributed by atoms with Gasteiger partial charge in [0.1, 0.15) is 0 Å². The molecule has 0 radical (unpaired) electrons. The summed E-state index contributed by atoms with van der Waals surface area (Å²) in [7, 11) is 0. The van der Waals surface area contributed by atoms with E-state index >= 15 is 0 Å². The van der Waals surface area contributed by atoms with Gasteiger partial charge in [0.15, 0.2) is 0 Å². The van der Waals surface area contributed by atoms with Crippen LogP contribution in [0.15, 0.2) is 24.3 Å². The Bertz CT molecular complexity index is 482. The molecule has 1 saturated heterocycles. The van der Waals surface area contributed by atoms with Crippen molar-refractivity contribution in [3.63, 3.8) is 0 Å². The van der Waals surface area contributed by atoms with Gasteiger partial charge in [-0.1, -0.05) is 44.5 Å². The summed E-state index contributed by atoms with van der Waals surface area (Å²) in [5.41, 5.74) is 1.91. The van der Waals surface area contributed by atoms with E-state index in [1.165, 1.54) is 19.3 Å². The van der Waals surface area contributed by atoms with E-state index in [4.69, 9.17) is 0 Å². The standard InChI is InChI=1S/C18H28N2O2/c1-14(2)17(20-9-4-3-5-10-20)18(22)19-12-15-7-6-8-16(11-15)13-21/h6-8,11,14,17,21H,3-5,9-10,12-13H2,1-2H3,(H,19,22)/t17-/m0/s1. The van der Waals surface area contributed by atoms with Gasteiger partial charge in [0.05, 0.1) is 12.6 Å². The average molecular weight is 304 g/mol. The van der Waals surface area contributed by atoms with E-state index in [2.05, 4.69) is 24.1 Å². The van der Waals surface area contributed by atoms with Gasteiger partial charge in [-0.3, -0.25) is 9.69 Å². The molecule has 1 aromatic carbocycles. The Balaban J connectivity index is 1.95. The lowest BCUT2D eigenvalue weighted by molar-refractivity contribution is -0.128. The number of nitrogens with zero attached hydrogens (tertiary/aromatic N) is 1. The molecule has 1 aliphatic rings. The zero-order valence-corrected chi connectivity index (χ0v) is 13.7. The quantitative estimate of drug-likeness (QED) is 0.848. The van der Waals surface area contributed by atoms with Gasteiger partial charge in [0.25, 0.3) is 0 Å². The molecular formula is C18H28N2O2. The predicted molar refractivity (Wildman–Crippen MR) is 88.3 cm³/mol. The highest BCUT2D eigenvalue weighted by atomic mass is 16.3. The molecule has 0 aliphatic carbocycles. The largest absolute Gasteiger partial charge is 0.392 e. The van der Waals surface area contributed by atoms with Crippen LogP contribution in [-0.2, 0) is 17.9 Å². The van der Waals surface area contributed by atoms with Crippen LogP contribution in [0.5, 0.6) is 0 Å². The molecule has 1 amide bonds. The van der Waals surface area contributed by atoms with Gasteiger partial charge >= 0.3 is 0 Å². The van der Waals surface area contributed by atoms with Crippen molar-refractivity contribution >= 4 is 5.91 Å². The zero-order chi connectivity index (χ0) is 15.9. The maximum atomic E-state index is 12.6. The molecule has 0 aromatic heterocycles. The van der Waals surface area contributed by atoms with Crippen molar-refractivity contribution in [2.75, 3.05) is 13.1 Å². The summed E-state index contributed by atoms with van der Waals surface area (Å²) in [5.74, 6) is 0.424. The van der Waals surface area contributed by atoms with Gasteiger partial charge in [-0.05, 0) is 43.0 Å². The Labute approximate surface area is 133 Å². The van der Waals surface area contributed by atoms with Gasteiger partial charge < -0.3 is 10.4 Å².